The lowest BCUT2D eigenvalue weighted by Gasteiger charge is -2.06. The number of allylic oxidation sites excluding steroid dienone is 2. The summed E-state index contributed by atoms with van der Waals surface area (Å²) >= 11 is 5.99. The summed E-state index contributed by atoms with van der Waals surface area (Å²) in [6, 6.07) is 13.0. The number of hydrogen-bond acceptors (Lipinski definition) is 4. The van der Waals surface area contributed by atoms with E-state index < -0.39 is 0 Å². The van der Waals surface area contributed by atoms with E-state index in [2.05, 4.69) is 20.3 Å². The number of aryl methyl sites for hydroxylation is 1. The molecule has 26 heavy (non-hydrogen) atoms. The quantitative estimate of drug-likeness (QED) is 0.204. The number of para-hydroxylation sites is 1. The fourth-order valence-corrected chi connectivity index (χ4v) is 2.16. The minimum Gasteiger partial charge on any atom is -0.390 e. The number of nitrogens with zero attached hydrogens (tertiary/aromatic N) is 3. The minimum absolute atomic E-state index is 0.282. The highest BCUT2D eigenvalue weighted by Crippen LogP contribution is 2.15. The molecule has 0 atom stereocenters. The van der Waals surface area contributed by atoms with Crippen molar-refractivity contribution in [1.82, 2.24) is 4.98 Å². The van der Waals surface area contributed by atoms with E-state index in [1.165, 1.54) is 6.08 Å². The van der Waals surface area contributed by atoms with Crippen molar-refractivity contribution in [2.24, 2.45) is 15.7 Å². The van der Waals surface area contributed by atoms with E-state index in [-0.39, 0.29) is 5.84 Å². The standard InChI is InChI=1S/C19H18ClN5O/c1-14-9-10-17(20)25-18(14)19(23-13-21)24-16(8-5-11-26)12-22-15-6-3-2-4-7-15/h2-13,22H,1H3,(H2,21,23,24). The smallest absolute Gasteiger partial charge is 0.180 e. The topological polar surface area (TPSA) is 92.7 Å². The van der Waals surface area contributed by atoms with Crippen LogP contribution in [0, 0.1) is 6.92 Å². The third kappa shape index (κ3) is 5.68. The fourth-order valence-electron chi connectivity index (χ4n) is 2.01. The number of hydrogen-bond donors (Lipinski definition) is 2. The van der Waals surface area contributed by atoms with Gasteiger partial charge in [0, 0.05) is 11.9 Å². The number of nitrogens with two attached hydrogens (primary N) is 1. The number of halogens is 1. The van der Waals surface area contributed by atoms with Crippen LogP contribution in [0.3, 0.4) is 0 Å². The molecule has 0 aliphatic heterocycles. The number of nitrogens with one attached hydrogen (secondary N) is 1. The van der Waals surface area contributed by atoms with Gasteiger partial charge in [-0.05, 0) is 42.8 Å². The Bertz CT molecular complexity index is 873. The molecular weight excluding hydrogens is 350 g/mol. The molecule has 132 valence electrons. The summed E-state index contributed by atoms with van der Waals surface area (Å²) in [5, 5.41) is 3.43. The third-order valence-corrected chi connectivity index (χ3v) is 3.42. The summed E-state index contributed by atoms with van der Waals surface area (Å²) in [5.41, 5.74) is 8.13. The molecule has 1 aromatic carbocycles. The van der Waals surface area contributed by atoms with E-state index in [0.717, 1.165) is 17.6 Å². The molecule has 0 aliphatic rings. The van der Waals surface area contributed by atoms with Crippen molar-refractivity contribution in [3.63, 3.8) is 0 Å². The van der Waals surface area contributed by atoms with Crippen LogP contribution in [-0.2, 0) is 4.79 Å². The second kappa shape index (κ2) is 9.90. The van der Waals surface area contributed by atoms with E-state index in [1.54, 1.807) is 18.3 Å². The molecule has 0 saturated carbocycles. The van der Waals surface area contributed by atoms with E-state index in [0.29, 0.717) is 22.8 Å². The normalized spacial score (nSPS) is 12.7. The molecule has 1 heterocycles. The van der Waals surface area contributed by atoms with Crippen molar-refractivity contribution >= 4 is 35.7 Å². The molecule has 0 spiro atoms. The van der Waals surface area contributed by atoms with Crippen LogP contribution in [0.2, 0.25) is 5.15 Å². The summed E-state index contributed by atoms with van der Waals surface area (Å²) in [4.78, 5) is 23.5. The lowest BCUT2D eigenvalue weighted by atomic mass is 10.2. The van der Waals surface area contributed by atoms with Gasteiger partial charge in [0.15, 0.2) is 5.84 Å². The van der Waals surface area contributed by atoms with Crippen LogP contribution in [0.15, 0.2) is 76.5 Å². The van der Waals surface area contributed by atoms with Crippen LogP contribution >= 0.6 is 11.6 Å². The van der Waals surface area contributed by atoms with E-state index in [1.807, 2.05) is 43.3 Å². The Hall–Kier alpha value is -3.25. The molecule has 2 rings (SSSR count). The fraction of sp³-hybridized carbons (Fsp3) is 0.0526. The maximum atomic E-state index is 10.7. The molecule has 0 unspecified atom stereocenters. The molecule has 3 N–H and O–H groups in total. The van der Waals surface area contributed by atoms with E-state index in [9.17, 15) is 4.79 Å². The van der Waals surface area contributed by atoms with Gasteiger partial charge in [-0.3, -0.25) is 4.79 Å². The lowest BCUT2D eigenvalue weighted by molar-refractivity contribution is -0.104. The molecule has 1 aromatic heterocycles. The first kappa shape index (κ1) is 19.1. The number of aliphatic imine (C=N–C) groups is 2. The van der Waals surface area contributed by atoms with Crippen molar-refractivity contribution in [3.8, 4) is 0 Å². The van der Waals surface area contributed by atoms with Gasteiger partial charge in [0.05, 0.1) is 12.0 Å². The molecule has 0 bridgehead atoms. The Morgan fingerprint density at radius 1 is 1.23 bits per heavy atom. The number of carbonyl (C=O) groups is 1. The highest BCUT2D eigenvalue weighted by Gasteiger charge is 2.09. The average Bonchev–Trinajstić information content (AvgIpc) is 2.66. The number of anilines is 1. The monoisotopic (exact) mass is 367 g/mol. The molecule has 0 saturated heterocycles. The van der Waals surface area contributed by atoms with Gasteiger partial charge < -0.3 is 11.1 Å². The second-order valence-electron chi connectivity index (χ2n) is 5.09. The van der Waals surface area contributed by atoms with Crippen molar-refractivity contribution in [1.29, 1.82) is 0 Å². The largest absolute Gasteiger partial charge is 0.390 e. The van der Waals surface area contributed by atoms with Crippen LogP contribution in [0.25, 0.3) is 0 Å². The number of aldehydes is 1. The van der Waals surface area contributed by atoms with E-state index >= 15 is 0 Å². The van der Waals surface area contributed by atoms with Crippen LogP contribution in [0.5, 0.6) is 0 Å². The average molecular weight is 368 g/mol. The second-order valence-corrected chi connectivity index (χ2v) is 5.48. The Morgan fingerprint density at radius 3 is 2.69 bits per heavy atom. The number of carbonyl (C=O) groups excluding carboxylic acids is 1. The van der Waals surface area contributed by atoms with Crippen LogP contribution in [0.4, 0.5) is 5.69 Å². The summed E-state index contributed by atoms with van der Waals surface area (Å²) in [7, 11) is 0. The minimum atomic E-state index is 0.282. The molecular formula is C19H18ClN5O. The molecule has 7 heteroatoms. The predicted octanol–water partition coefficient (Wildman–Crippen LogP) is 3.49. The summed E-state index contributed by atoms with van der Waals surface area (Å²) in [6.45, 7) is 1.87. The number of rotatable bonds is 6. The number of aromatic nitrogens is 1. The Labute approximate surface area is 156 Å². The lowest BCUT2D eigenvalue weighted by Crippen LogP contribution is -2.07. The van der Waals surface area contributed by atoms with Crippen LogP contribution in [-0.4, -0.2) is 23.4 Å². The number of amidine groups is 1. The van der Waals surface area contributed by atoms with Crippen molar-refractivity contribution < 1.29 is 4.79 Å². The summed E-state index contributed by atoms with van der Waals surface area (Å²) in [5.74, 6) is 0.282. The van der Waals surface area contributed by atoms with Gasteiger partial charge in [0.25, 0.3) is 0 Å². The van der Waals surface area contributed by atoms with Crippen molar-refractivity contribution in [2.75, 3.05) is 5.32 Å². The van der Waals surface area contributed by atoms with Gasteiger partial charge in [-0.25, -0.2) is 15.0 Å². The zero-order chi connectivity index (χ0) is 18.8. The van der Waals surface area contributed by atoms with Crippen molar-refractivity contribution in [3.05, 3.63) is 82.9 Å². The first-order chi connectivity index (χ1) is 12.6. The van der Waals surface area contributed by atoms with Gasteiger partial charge in [-0.1, -0.05) is 35.9 Å². The Kier molecular flexibility index (Phi) is 7.27. The maximum Gasteiger partial charge on any atom is 0.180 e. The number of pyridine rings is 1. The van der Waals surface area contributed by atoms with E-state index in [4.69, 9.17) is 17.3 Å². The first-order valence-electron chi connectivity index (χ1n) is 7.74. The summed E-state index contributed by atoms with van der Waals surface area (Å²) in [6.07, 6.45) is 6.34. The SMILES string of the molecule is Cc1ccc(Cl)nc1C(N=CN)=NC(C=CC=O)=CNc1ccccc1. The molecule has 2 aromatic rings. The van der Waals surface area contributed by atoms with Gasteiger partial charge in [0.2, 0.25) is 0 Å². The van der Waals surface area contributed by atoms with Crippen molar-refractivity contribution in [2.45, 2.75) is 6.92 Å². The molecule has 0 radical (unpaired) electrons. The van der Waals surface area contributed by atoms with Crippen LogP contribution in [0.1, 0.15) is 11.3 Å². The van der Waals surface area contributed by atoms with Crippen LogP contribution < -0.4 is 11.1 Å². The zero-order valence-corrected chi connectivity index (χ0v) is 14.9. The molecule has 0 aliphatic carbocycles. The van der Waals surface area contributed by atoms with Gasteiger partial charge in [0.1, 0.15) is 17.1 Å². The number of benzene rings is 1. The first-order valence-corrected chi connectivity index (χ1v) is 8.12. The van der Waals surface area contributed by atoms with Gasteiger partial charge in [-0.15, -0.1) is 0 Å². The van der Waals surface area contributed by atoms with Gasteiger partial charge in [-0.2, -0.15) is 0 Å². The van der Waals surface area contributed by atoms with Gasteiger partial charge >= 0.3 is 0 Å². The Balaban J connectivity index is 2.44. The molecule has 0 fully saturated rings. The maximum absolute atomic E-state index is 10.7. The highest BCUT2D eigenvalue weighted by molar-refractivity contribution is 6.29. The predicted molar refractivity (Wildman–Crippen MR) is 107 cm³/mol. The highest BCUT2D eigenvalue weighted by atomic mass is 35.5. The third-order valence-electron chi connectivity index (χ3n) is 3.21. The zero-order valence-electron chi connectivity index (χ0n) is 14.1. The Morgan fingerprint density at radius 2 is 2.00 bits per heavy atom. The molecule has 0 amide bonds. The summed E-state index contributed by atoms with van der Waals surface area (Å²) < 4.78 is 0. The molecule has 6 nitrogen and oxygen atoms in total.